The second kappa shape index (κ2) is 8.54. The van der Waals surface area contributed by atoms with Crippen molar-refractivity contribution in [2.75, 3.05) is 32.2 Å². The van der Waals surface area contributed by atoms with Crippen LogP contribution in [0.1, 0.15) is 31.0 Å². The first-order valence-corrected chi connectivity index (χ1v) is 9.23. The molecular weight excluding hydrogens is 346 g/mol. The summed E-state index contributed by atoms with van der Waals surface area (Å²) in [6.45, 7) is 5.69. The fraction of sp³-hybridized carbons (Fsp3) is 0.500. The average molecular weight is 373 g/mol. The Hall–Kier alpha value is -2.38. The van der Waals surface area contributed by atoms with Gasteiger partial charge in [0.25, 0.3) is 0 Å². The van der Waals surface area contributed by atoms with E-state index < -0.39 is 0 Å². The van der Waals surface area contributed by atoms with Gasteiger partial charge < -0.3 is 19.3 Å². The van der Waals surface area contributed by atoms with Crippen LogP contribution in [0, 0.1) is 6.92 Å². The Morgan fingerprint density at radius 2 is 2.07 bits per heavy atom. The Labute approximate surface area is 159 Å². The van der Waals surface area contributed by atoms with Crippen LogP contribution in [0.2, 0.25) is 0 Å². The van der Waals surface area contributed by atoms with Crippen molar-refractivity contribution in [3.63, 3.8) is 0 Å². The first kappa shape index (κ1) is 19.4. The molecule has 1 aromatic heterocycles. The van der Waals surface area contributed by atoms with Gasteiger partial charge in [-0.05, 0) is 32.8 Å². The van der Waals surface area contributed by atoms with Gasteiger partial charge in [0.05, 0.1) is 18.8 Å². The molecule has 1 saturated heterocycles. The number of hydrogen-bond donors (Lipinski definition) is 2. The zero-order chi connectivity index (χ0) is 19.3. The van der Waals surface area contributed by atoms with Gasteiger partial charge >= 0.3 is 0 Å². The predicted octanol–water partition coefficient (Wildman–Crippen LogP) is 2.66. The maximum Gasteiger partial charge on any atom is 0.243 e. The standard InChI is InChI=1S/C20H27N3O4/c1-14-12-18(27-23-14)22-19(24)15(2)21-13-20(8-10-26-11-9-20)16-6-4-5-7-17(16)25-3/h4-7,12,15,21H,8-11,13H2,1-3H3,(H,22,24)/t15-/m0/s1. The number of para-hydroxylation sites is 1. The number of anilines is 1. The van der Waals surface area contributed by atoms with Gasteiger partial charge in [-0.2, -0.15) is 0 Å². The maximum atomic E-state index is 12.4. The van der Waals surface area contributed by atoms with Crippen molar-refractivity contribution in [2.24, 2.45) is 0 Å². The number of nitrogens with zero attached hydrogens (tertiary/aromatic N) is 1. The van der Waals surface area contributed by atoms with Crippen molar-refractivity contribution in [1.82, 2.24) is 10.5 Å². The summed E-state index contributed by atoms with van der Waals surface area (Å²) in [7, 11) is 1.69. The van der Waals surface area contributed by atoms with Crippen LogP contribution in [-0.4, -0.2) is 44.0 Å². The highest BCUT2D eigenvalue weighted by Crippen LogP contribution is 2.39. The molecule has 0 aliphatic carbocycles. The van der Waals surface area contributed by atoms with Gasteiger partial charge in [-0.3, -0.25) is 10.1 Å². The molecule has 0 spiro atoms. The molecule has 7 heteroatoms. The predicted molar refractivity (Wildman–Crippen MR) is 102 cm³/mol. The molecular formula is C20H27N3O4. The van der Waals surface area contributed by atoms with E-state index in [4.69, 9.17) is 14.0 Å². The highest BCUT2D eigenvalue weighted by molar-refractivity contribution is 5.93. The van der Waals surface area contributed by atoms with E-state index in [1.165, 1.54) is 0 Å². The van der Waals surface area contributed by atoms with Crippen LogP contribution in [-0.2, 0) is 14.9 Å². The Balaban J connectivity index is 1.70. The van der Waals surface area contributed by atoms with Crippen molar-refractivity contribution < 1.29 is 18.8 Å². The number of carbonyl (C=O) groups is 1. The fourth-order valence-corrected chi connectivity index (χ4v) is 3.48. The number of aromatic nitrogens is 1. The molecule has 146 valence electrons. The molecule has 0 saturated carbocycles. The van der Waals surface area contributed by atoms with Crippen molar-refractivity contribution in [3.8, 4) is 5.75 Å². The first-order valence-electron chi connectivity index (χ1n) is 9.23. The van der Waals surface area contributed by atoms with E-state index in [1.54, 1.807) is 13.2 Å². The van der Waals surface area contributed by atoms with Crippen molar-refractivity contribution in [2.45, 2.75) is 38.1 Å². The number of methoxy groups -OCH3 is 1. The minimum atomic E-state index is -0.384. The van der Waals surface area contributed by atoms with E-state index in [1.807, 2.05) is 32.0 Å². The van der Waals surface area contributed by atoms with Gasteiger partial charge in [0.2, 0.25) is 11.8 Å². The van der Waals surface area contributed by atoms with Gasteiger partial charge in [-0.15, -0.1) is 0 Å². The second-order valence-electron chi connectivity index (χ2n) is 7.02. The van der Waals surface area contributed by atoms with E-state index in [0.29, 0.717) is 25.6 Å². The number of hydrogen-bond acceptors (Lipinski definition) is 6. The number of benzene rings is 1. The third-order valence-corrected chi connectivity index (χ3v) is 5.14. The lowest BCUT2D eigenvalue weighted by molar-refractivity contribution is -0.118. The molecule has 1 atom stereocenters. The number of aryl methyl sites for hydroxylation is 1. The molecule has 27 heavy (non-hydrogen) atoms. The van der Waals surface area contributed by atoms with Crippen molar-refractivity contribution in [1.29, 1.82) is 0 Å². The average Bonchev–Trinajstić information content (AvgIpc) is 3.11. The Kier molecular flexibility index (Phi) is 6.13. The molecule has 1 aliphatic rings. The molecule has 2 heterocycles. The van der Waals surface area contributed by atoms with Gasteiger partial charge in [-0.25, -0.2) is 0 Å². The first-order chi connectivity index (χ1) is 13.0. The fourth-order valence-electron chi connectivity index (χ4n) is 3.48. The molecule has 1 amide bonds. The Morgan fingerprint density at radius 1 is 1.33 bits per heavy atom. The van der Waals surface area contributed by atoms with Crippen LogP contribution in [0.25, 0.3) is 0 Å². The zero-order valence-corrected chi connectivity index (χ0v) is 16.1. The lowest BCUT2D eigenvalue weighted by Gasteiger charge is -2.39. The second-order valence-corrected chi connectivity index (χ2v) is 7.02. The minimum Gasteiger partial charge on any atom is -0.496 e. The third-order valence-electron chi connectivity index (χ3n) is 5.14. The molecule has 2 N–H and O–H groups in total. The molecule has 7 nitrogen and oxygen atoms in total. The van der Waals surface area contributed by atoms with E-state index in [9.17, 15) is 4.79 Å². The SMILES string of the molecule is COc1ccccc1C1(CN[C@@H](C)C(=O)Nc2cc(C)no2)CCOCC1. The van der Waals surface area contributed by atoms with Gasteiger partial charge in [0.1, 0.15) is 5.75 Å². The van der Waals surface area contributed by atoms with Crippen molar-refractivity contribution >= 4 is 11.8 Å². The van der Waals surface area contributed by atoms with Gasteiger partial charge in [-0.1, -0.05) is 23.4 Å². The summed E-state index contributed by atoms with van der Waals surface area (Å²) in [4.78, 5) is 12.4. The molecule has 0 radical (unpaired) electrons. The van der Waals surface area contributed by atoms with Crippen LogP contribution in [0.3, 0.4) is 0 Å². The van der Waals surface area contributed by atoms with Crippen molar-refractivity contribution in [3.05, 3.63) is 41.6 Å². The highest BCUT2D eigenvalue weighted by atomic mass is 16.5. The molecule has 2 aromatic rings. The normalized spacial score (nSPS) is 17.3. The van der Waals surface area contributed by atoms with Gasteiger partial charge in [0, 0.05) is 36.8 Å². The monoisotopic (exact) mass is 373 g/mol. The molecule has 0 unspecified atom stereocenters. The largest absolute Gasteiger partial charge is 0.496 e. The van der Waals surface area contributed by atoms with E-state index in [-0.39, 0.29) is 17.4 Å². The molecule has 1 fully saturated rings. The highest BCUT2D eigenvalue weighted by Gasteiger charge is 2.37. The van der Waals surface area contributed by atoms with Crippen LogP contribution >= 0.6 is 0 Å². The zero-order valence-electron chi connectivity index (χ0n) is 16.1. The molecule has 1 aliphatic heterocycles. The van der Waals surface area contributed by atoms with Crippen LogP contribution < -0.4 is 15.4 Å². The summed E-state index contributed by atoms with van der Waals surface area (Å²) in [5.74, 6) is 1.07. The number of carbonyl (C=O) groups excluding carboxylic acids is 1. The van der Waals surface area contributed by atoms with Crippen LogP contribution in [0.4, 0.5) is 5.88 Å². The molecule has 3 rings (SSSR count). The van der Waals surface area contributed by atoms with E-state index in [2.05, 4.69) is 21.9 Å². The summed E-state index contributed by atoms with van der Waals surface area (Å²) in [6, 6.07) is 9.39. The Bertz CT molecular complexity index is 768. The maximum absolute atomic E-state index is 12.4. The lowest BCUT2D eigenvalue weighted by atomic mass is 9.73. The van der Waals surface area contributed by atoms with Crippen LogP contribution in [0.15, 0.2) is 34.9 Å². The summed E-state index contributed by atoms with van der Waals surface area (Å²) in [5.41, 5.74) is 1.74. The smallest absolute Gasteiger partial charge is 0.243 e. The number of nitrogens with one attached hydrogen (secondary N) is 2. The summed E-state index contributed by atoms with van der Waals surface area (Å²) in [5, 5.41) is 9.91. The number of rotatable bonds is 7. The topological polar surface area (TPSA) is 85.6 Å². The summed E-state index contributed by atoms with van der Waals surface area (Å²) < 4.78 is 16.2. The van der Waals surface area contributed by atoms with E-state index >= 15 is 0 Å². The van der Waals surface area contributed by atoms with Crippen LogP contribution in [0.5, 0.6) is 5.75 Å². The van der Waals surface area contributed by atoms with Gasteiger partial charge in [0.15, 0.2) is 0 Å². The lowest BCUT2D eigenvalue weighted by Crippen LogP contribution is -2.48. The Morgan fingerprint density at radius 3 is 2.74 bits per heavy atom. The summed E-state index contributed by atoms with van der Waals surface area (Å²) in [6.07, 6.45) is 1.74. The minimum absolute atomic E-state index is 0.137. The van der Waals surface area contributed by atoms with E-state index in [0.717, 1.165) is 29.8 Å². The summed E-state index contributed by atoms with van der Waals surface area (Å²) >= 11 is 0. The molecule has 0 bridgehead atoms. The molecule has 1 aromatic carbocycles. The quantitative estimate of drug-likeness (QED) is 0.776. The number of ether oxygens (including phenoxy) is 2. The third kappa shape index (κ3) is 4.48. The number of amides is 1.